The van der Waals surface area contributed by atoms with E-state index in [9.17, 15) is 9.90 Å². The Morgan fingerprint density at radius 2 is 2.17 bits per heavy atom. The van der Waals surface area contributed by atoms with Gasteiger partial charge in [-0.25, -0.2) is 0 Å². The van der Waals surface area contributed by atoms with Gasteiger partial charge in [-0.05, 0) is 44.4 Å². The summed E-state index contributed by atoms with van der Waals surface area (Å²) in [5.41, 5.74) is 3.34. The van der Waals surface area contributed by atoms with Crippen molar-refractivity contribution in [2.24, 2.45) is 0 Å². The molecule has 5 nitrogen and oxygen atoms in total. The SMILES string of the molecule is CCC(C)n1nc(-c2ccc(NC(C)=O)cc2O)cc1C1CC1. The maximum atomic E-state index is 11.1. The van der Waals surface area contributed by atoms with Crippen LogP contribution in [0.3, 0.4) is 0 Å². The highest BCUT2D eigenvalue weighted by Crippen LogP contribution is 2.43. The Kier molecular flexibility index (Phi) is 4.11. The summed E-state index contributed by atoms with van der Waals surface area (Å²) in [6, 6.07) is 7.60. The minimum atomic E-state index is -0.158. The van der Waals surface area contributed by atoms with Crippen LogP contribution >= 0.6 is 0 Å². The number of anilines is 1. The molecule has 122 valence electrons. The van der Waals surface area contributed by atoms with Crippen molar-refractivity contribution in [3.63, 3.8) is 0 Å². The molecule has 0 radical (unpaired) electrons. The van der Waals surface area contributed by atoms with Gasteiger partial charge in [-0.3, -0.25) is 9.48 Å². The van der Waals surface area contributed by atoms with Gasteiger partial charge < -0.3 is 10.4 Å². The molecule has 3 rings (SSSR count). The predicted molar refractivity (Wildman–Crippen MR) is 90.6 cm³/mol. The molecule has 1 unspecified atom stereocenters. The average molecular weight is 313 g/mol. The number of carbonyl (C=O) groups is 1. The van der Waals surface area contributed by atoms with E-state index < -0.39 is 0 Å². The normalized spacial score (nSPS) is 15.4. The number of hydrogen-bond donors (Lipinski definition) is 2. The van der Waals surface area contributed by atoms with Crippen molar-refractivity contribution in [1.29, 1.82) is 0 Å². The zero-order valence-electron chi connectivity index (χ0n) is 13.8. The molecule has 0 aliphatic heterocycles. The average Bonchev–Trinajstić information content (AvgIpc) is 3.25. The van der Waals surface area contributed by atoms with Crippen LogP contribution in [0, 0.1) is 0 Å². The summed E-state index contributed by atoms with van der Waals surface area (Å²) >= 11 is 0. The minimum absolute atomic E-state index is 0.132. The number of aromatic hydroxyl groups is 1. The van der Waals surface area contributed by atoms with Crippen LogP contribution in [0.1, 0.15) is 57.7 Å². The Morgan fingerprint density at radius 1 is 1.43 bits per heavy atom. The van der Waals surface area contributed by atoms with Gasteiger partial charge in [0.25, 0.3) is 0 Å². The molecule has 0 spiro atoms. The minimum Gasteiger partial charge on any atom is -0.507 e. The van der Waals surface area contributed by atoms with Crippen LogP contribution in [0.4, 0.5) is 5.69 Å². The van der Waals surface area contributed by atoms with Crippen molar-refractivity contribution in [3.8, 4) is 17.0 Å². The highest BCUT2D eigenvalue weighted by atomic mass is 16.3. The third-order valence-corrected chi connectivity index (χ3v) is 4.36. The molecule has 23 heavy (non-hydrogen) atoms. The van der Waals surface area contributed by atoms with Crippen molar-refractivity contribution in [2.45, 2.75) is 52.0 Å². The van der Waals surface area contributed by atoms with Gasteiger partial charge in [0.05, 0.1) is 5.69 Å². The third kappa shape index (κ3) is 3.23. The number of nitrogens with one attached hydrogen (secondary N) is 1. The zero-order chi connectivity index (χ0) is 16.6. The molecule has 2 aromatic rings. The number of hydrogen-bond acceptors (Lipinski definition) is 3. The largest absolute Gasteiger partial charge is 0.507 e. The van der Waals surface area contributed by atoms with E-state index in [1.54, 1.807) is 18.2 Å². The van der Waals surface area contributed by atoms with Gasteiger partial charge in [0.15, 0.2) is 0 Å². The van der Waals surface area contributed by atoms with E-state index in [4.69, 9.17) is 5.10 Å². The van der Waals surface area contributed by atoms with Crippen molar-refractivity contribution in [2.75, 3.05) is 5.32 Å². The molecule has 1 aromatic carbocycles. The maximum Gasteiger partial charge on any atom is 0.221 e. The molecule has 1 aliphatic carbocycles. The number of amides is 1. The van der Waals surface area contributed by atoms with Crippen LogP contribution in [0.2, 0.25) is 0 Å². The summed E-state index contributed by atoms with van der Waals surface area (Å²) < 4.78 is 2.11. The second kappa shape index (κ2) is 6.07. The van der Waals surface area contributed by atoms with E-state index in [2.05, 4.69) is 29.9 Å². The fraction of sp³-hybridized carbons (Fsp3) is 0.444. The van der Waals surface area contributed by atoms with Gasteiger partial charge in [-0.1, -0.05) is 6.92 Å². The smallest absolute Gasteiger partial charge is 0.221 e. The van der Waals surface area contributed by atoms with Gasteiger partial charge >= 0.3 is 0 Å². The molecule has 5 heteroatoms. The first kappa shape index (κ1) is 15.6. The molecule has 1 fully saturated rings. The van der Waals surface area contributed by atoms with Gasteiger partial charge in [0.2, 0.25) is 5.91 Å². The van der Waals surface area contributed by atoms with E-state index in [0.29, 0.717) is 23.2 Å². The van der Waals surface area contributed by atoms with Gasteiger partial charge in [0, 0.05) is 41.9 Å². The first-order valence-corrected chi connectivity index (χ1v) is 8.20. The number of carbonyl (C=O) groups excluding carboxylic acids is 1. The molecular formula is C18H23N3O2. The number of benzene rings is 1. The number of nitrogens with zero attached hydrogens (tertiary/aromatic N) is 2. The van der Waals surface area contributed by atoms with E-state index in [1.165, 1.54) is 25.5 Å². The second-order valence-corrected chi connectivity index (χ2v) is 6.34. The lowest BCUT2D eigenvalue weighted by Gasteiger charge is -2.13. The summed E-state index contributed by atoms with van der Waals surface area (Å²) in [4.78, 5) is 11.1. The van der Waals surface area contributed by atoms with Crippen molar-refractivity contribution in [1.82, 2.24) is 9.78 Å². The number of aromatic nitrogens is 2. The van der Waals surface area contributed by atoms with Crippen molar-refractivity contribution >= 4 is 11.6 Å². The first-order chi connectivity index (χ1) is 11.0. The standard InChI is InChI=1S/C18H23N3O2/c1-4-11(2)21-17(13-5-6-13)10-16(20-21)15-8-7-14(9-18(15)23)19-12(3)22/h7-11,13,23H,4-6H2,1-3H3,(H,19,22). The van der Waals surface area contributed by atoms with Crippen LogP contribution in [-0.2, 0) is 4.79 Å². The maximum absolute atomic E-state index is 11.1. The lowest BCUT2D eigenvalue weighted by Crippen LogP contribution is -2.09. The molecule has 1 amide bonds. The summed E-state index contributed by atoms with van der Waals surface area (Å²) in [7, 11) is 0. The topological polar surface area (TPSA) is 67.2 Å². The molecular weight excluding hydrogens is 290 g/mol. The van der Waals surface area contributed by atoms with Gasteiger partial charge in [-0.15, -0.1) is 0 Å². The highest BCUT2D eigenvalue weighted by molar-refractivity contribution is 5.89. The highest BCUT2D eigenvalue weighted by Gasteiger charge is 2.29. The Morgan fingerprint density at radius 3 is 2.74 bits per heavy atom. The Labute approximate surface area is 136 Å². The molecule has 1 heterocycles. The fourth-order valence-electron chi connectivity index (χ4n) is 2.78. The molecule has 1 aromatic heterocycles. The van der Waals surface area contributed by atoms with Crippen molar-refractivity contribution < 1.29 is 9.90 Å². The van der Waals surface area contributed by atoms with Crippen LogP contribution in [0.25, 0.3) is 11.3 Å². The summed E-state index contributed by atoms with van der Waals surface area (Å²) in [6.45, 7) is 5.77. The van der Waals surface area contributed by atoms with Gasteiger partial charge in [-0.2, -0.15) is 5.10 Å². The lowest BCUT2D eigenvalue weighted by molar-refractivity contribution is -0.114. The summed E-state index contributed by atoms with van der Waals surface area (Å²) in [5, 5.41) is 17.7. The van der Waals surface area contributed by atoms with E-state index in [0.717, 1.165) is 12.1 Å². The number of rotatable bonds is 5. The van der Waals surface area contributed by atoms with Crippen molar-refractivity contribution in [3.05, 3.63) is 30.0 Å². The predicted octanol–water partition coefficient (Wildman–Crippen LogP) is 4.06. The van der Waals surface area contributed by atoms with E-state index in [1.807, 2.05) is 0 Å². The molecule has 0 bridgehead atoms. The number of phenols is 1. The zero-order valence-corrected chi connectivity index (χ0v) is 13.8. The molecule has 1 aliphatic rings. The van der Waals surface area contributed by atoms with E-state index in [-0.39, 0.29) is 11.7 Å². The Hall–Kier alpha value is -2.30. The second-order valence-electron chi connectivity index (χ2n) is 6.34. The molecule has 0 saturated heterocycles. The van der Waals surface area contributed by atoms with Crippen LogP contribution in [-0.4, -0.2) is 20.8 Å². The quantitative estimate of drug-likeness (QED) is 0.874. The van der Waals surface area contributed by atoms with Crippen LogP contribution in [0.15, 0.2) is 24.3 Å². The fourth-order valence-corrected chi connectivity index (χ4v) is 2.78. The summed E-state index contributed by atoms with van der Waals surface area (Å²) in [5.74, 6) is 0.577. The Bertz CT molecular complexity index is 732. The molecule has 1 atom stereocenters. The third-order valence-electron chi connectivity index (χ3n) is 4.36. The van der Waals surface area contributed by atoms with E-state index >= 15 is 0 Å². The Balaban J connectivity index is 1.96. The summed E-state index contributed by atoms with van der Waals surface area (Å²) in [6.07, 6.45) is 3.46. The lowest BCUT2D eigenvalue weighted by atomic mass is 10.1. The number of phenolic OH excluding ortho intramolecular Hbond substituents is 1. The first-order valence-electron chi connectivity index (χ1n) is 8.20. The monoisotopic (exact) mass is 313 g/mol. The molecule has 2 N–H and O–H groups in total. The van der Waals surface area contributed by atoms with Crippen LogP contribution < -0.4 is 5.32 Å². The van der Waals surface area contributed by atoms with Gasteiger partial charge in [0.1, 0.15) is 5.75 Å². The van der Waals surface area contributed by atoms with Crippen LogP contribution in [0.5, 0.6) is 5.75 Å². The molecule has 1 saturated carbocycles.